The molecule has 0 unspecified atom stereocenters. The monoisotopic (exact) mass is 566 g/mol. The Morgan fingerprint density at radius 2 is 1.89 bits per heavy atom. The zero-order valence-corrected chi connectivity index (χ0v) is 22.1. The summed E-state index contributed by atoms with van der Waals surface area (Å²) in [6, 6.07) is 8.38. The molecule has 2 amide bonds. The van der Waals surface area contributed by atoms with Gasteiger partial charge in [-0.2, -0.15) is 13.2 Å². The predicted octanol–water partition coefficient (Wildman–Crippen LogP) is 6.07. The number of thioether (sulfide) groups is 1. The van der Waals surface area contributed by atoms with E-state index in [0.29, 0.717) is 24.3 Å². The highest BCUT2D eigenvalue weighted by atomic mass is 35.5. The number of methoxy groups -OCH3 is 1. The maximum atomic E-state index is 13.5. The normalized spacial score (nSPS) is 17.5. The number of nitrogens with zero attached hydrogens (tertiary/aromatic N) is 2. The van der Waals surface area contributed by atoms with Gasteiger partial charge in [-0.3, -0.25) is 19.9 Å². The molecule has 38 heavy (non-hydrogen) atoms. The van der Waals surface area contributed by atoms with Crippen LogP contribution in [0.4, 0.5) is 23.7 Å². The first-order chi connectivity index (χ1) is 18.1. The molecular formula is C26H26ClF3N4O3S. The summed E-state index contributed by atoms with van der Waals surface area (Å²) in [5, 5.41) is 10.8. The van der Waals surface area contributed by atoms with E-state index in [4.69, 9.17) is 21.7 Å². The molecule has 0 aromatic heterocycles. The van der Waals surface area contributed by atoms with Crippen molar-refractivity contribution in [3.05, 3.63) is 68.6 Å². The van der Waals surface area contributed by atoms with Crippen LogP contribution in [-0.2, 0) is 22.3 Å². The molecule has 0 atom stereocenters. The van der Waals surface area contributed by atoms with Gasteiger partial charge >= 0.3 is 6.18 Å². The van der Waals surface area contributed by atoms with Crippen LogP contribution >= 0.6 is 23.4 Å². The van der Waals surface area contributed by atoms with Gasteiger partial charge in [0, 0.05) is 30.3 Å². The summed E-state index contributed by atoms with van der Waals surface area (Å²) in [7, 11) is 1.31. The molecule has 0 spiro atoms. The smallest absolute Gasteiger partial charge is 0.416 e. The van der Waals surface area contributed by atoms with Gasteiger partial charge in [-0.1, -0.05) is 23.7 Å². The molecule has 2 fully saturated rings. The summed E-state index contributed by atoms with van der Waals surface area (Å²) in [6.45, 7) is 2.73. The summed E-state index contributed by atoms with van der Waals surface area (Å²) in [5.74, 6) is -0.583. The Kier molecular flexibility index (Phi) is 8.69. The van der Waals surface area contributed by atoms with E-state index in [2.05, 4.69) is 10.2 Å². The second-order valence-corrected chi connectivity index (χ2v) is 10.3. The van der Waals surface area contributed by atoms with E-state index in [-0.39, 0.29) is 44.6 Å². The van der Waals surface area contributed by atoms with Crippen LogP contribution < -0.4 is 5.32 Å². The minimum Gasteiger partial charge on any atom is -0.481 e. The van der Waals surface area contributed by atoms with Gasteiger partial charge in [0.1, 0.15) is 0 Å². The molecule has 2 saturated heterocycles. The zero-order valence-electron chi connectivity index (χ0n) is 20.5. The van der Waals surface area contributed by atoms with Crippen molar-refractivity contribution in [2.24, 2.45) is 0 Å². The topological polar surface area (TPSA) is 85.7 Å². The SMILES string of the molecule is COC(=N)c1cc(C=C2SC(=O)N(CCN3CCCC3)C2=O)ccc1NCc1ccc(Cl)cc1C(F)(F)F. The van der Waals surface area contributed by atoms with Gasteiger partial charge in [-0.25, -0.2) is 0 Å². The van der Waals surface area contributed by atoms with Crippen molar-refractivity contribution in [3.8, 4) is 0 Å². The molecule has 2 heterocycles. The molecule has 12 heteroatoms. The Bertz CT molecular complexity index is 1280. The van der Waals surface area contributed by atoms with Crippen molar-refractivity contribution < 1.29 is 27.5 Å². The van der Waals surface area contributed by atoms with Crippen molar-refractivity contribution in [1.82, 2.24) is 9.80 Å². The fraction of sp³-hybridized carbons (Fsp3) is 0.346. The van der Waals surface area contributed by atoms with Crippen LogP contribution in [0, 0.1) is 5.41 Å². The number of nitrogens with one attached hydrogen (secondary N) is 2. The first-order valence-corrected chi connectivity index (χ1v) is 13.1. The zero-order chi connectivity index (χ0) is 27.4. The molecule has 2 N–H and O–H groups in total. The Morgan fingerprint density at radius 1 is 1.16 bits per heavy atom. The number of alkyl halides is 3. The lowest BCUT2D eigenvalue weighted by Gasteiger charge is -2.18. The average Bonchev–Trinajstić information content (AvgIpc) is 3.49. The molecule has 4 rings (SSSR count). The van der Waals surface area contributed by atoms with E-state index in [1.165, 1.54) is 24.1 Å². The Morgan fingerprint density at radius 3 is 2.58 bits per heavy atom. The number of carbonyl (C=O) groups excluding carboxylic acids is 2. The lowest BCUT2D eigenvalue weighted by Crippen LogP contribution is -2.36. The molecule has 2 aromatic carbocycles. The molecule has 0 saturated carbocycles. The number of benzene rings is 2. The molecular weight excluding hydrogens is 541 g/mol. The summed E-state index contributed by atoms with van der Waals surface area (Å²) < 4.78 is 45.5. The number of carbonyl (C=O) groups is 2. The first-order valence-electron chi connectivity index (χ1n) is 11.9. The minimum absolute atomic E-state index is 0.0107. The quantitative estimate of drug-likeness (QED) is 0.229. The molecule has 2 aromatic rings. The number of halogens is 4. The fourth-order valence-corrected chi connectivity index (χ4v) is 5.39. The van der Waals surface area contributed by atoms with Gasteiger partial charge in [0.25, 0.3) is 11.1 Å². The summed E-state index contributed by atoms with van der Waals surface area (Å²) in [6.07, 6.45) is -0.771. The number of anilines is 1. The van der Waals surface area contributed by atoms with E-state index in [9.17, 15) is 22.8 Å². The number of likely N-dealkylation sites (tertiary alicyclic amines) is 1. The fourth-order valence-electron chi connectivity index (χ4n) is 4.35. The molecule has 0 bridgehead atoms. The van der Waals surface area contributed by atoms with Crippen molar-refractivity contribution in [2.75, 3.05) is 38.6 Å². The highest BCUT2D eigenvalue weighted by molar-refractivity contribution is 8.18. The maximum Gasteiger partial charge on any atom is 0.416 e. The Labute approximate surface area is 227 Å². The number of imide groups is 1. The van der Waals surface area contributed by atoms with E-state index >= 15 is 0 Å². The Balaban J connectivity index is 1.52. The predicted molar refractivity (Wildman–Crippen MR) is 142 cm³/mol. The van der Waals surface area contributed by atoms with E-state index in [1.807, 2.05) is 0 Å². The number of rotatable bonds is 8. The third-order valence-corrected chi connectivity index (χ3v) is 7.49. The van der Waals surface area contributed by atoms with Gasteiger partial charge in [-0.05, 0) is 79.2 Å². The third kappa shape index (κ3) is 6.51. The summed E-state index contributed by atoms with van der Waals surface area (Å²) >= 11 is 6.62. The minimum atomic E-state index is -4.58. The second-order valence-electron chi connectivity index (χ2n) is 8.87. The second kappa shape index (κ2) is 11.8. The summed E-state index contributed by atoms with van der Waals surface area (Å²) in [5.41, 5.74) is 0.342. The van der Waals surface area contributed by atoms with Gasteiger partial charge in [-0.15, -0.1) is 0 Å². The lowest BCUT2D eigenvalue weighted by atomic mass is 10.0. The van der Waals surface area contributed by atoms with E-state index in [1.54, 1.807) is 24.3 Å². The van der Waals surface area contributed by atoms with Gasteiger partial charge in [0.05, 0.1) is 23.1 Å². The molecule has 7 nitrogen and oxygen atoms in total. The first kappa shape index (κ1) is 28.0. The lowest BCUT2D eigenvalue weighted by molar-refractivity contribution is -0.138. The largest absolute Gasteiger partial charge is 0.481 e. The van der Waals surface area contributed by atoms with Crippen LogP contribution in [0.2, 0.25) is 5.02 Å². The third-order valence-electron chi connectivity index (χ3n) is 6.35. The molecule has 202 valence electrons. The Hall–Kier alpha value is -3.02. The van der Waals surface area contributed by atoms with Crippen molar-refractivity contribution in [1.29, 1.82) is 5.41 Å². The van der Waals surface area contributed by atoms with Crippen molar-refractivity contribution in [3.63, 3.8) is 0 Å². The van der Waals surface area contributed by atoms with Crippen LogP contribution in [0.1, 0.15) is 35.1 Å². The highest BCUT2D eigenvalue weighted by Crippen LogP contribution is 2.35. The molecule has 2 aliphatic heterocycles. The van der Waals surface area contributed by atoms with Gasteiger partial charge in [0.15, 0.2) is 0 Å². The van der Waals surface area contributed by atoms with Crippen LogP contribution in [0.25, 0.3) is 6.08 Å². The maximum absolute atomic E-state index is 13.5. The summed E-state index contributed by atoms with van der Waals surface area (Å²) in [4.78, 5) is 29.1. The van der Waals surface area contributed by atoms with Crippen LogP contribution in [0.3, 0.4) is 0 Å². The van der Waals surface area contributed by atoms with E-state index in [0.717, 1.165) is 43.8 Å². The van der Waals surface area contributed by atoms with Crippen LogP contribution in [-0.4, -0.2) is 60.1 Å². The van der Waals surface area contributed by atoms with Crippen molar-refractivity contribution in [2.45, 2.75) is 25.6 Å². The average molecular weight is 567 g/mol. The van der Waals surface area contributed by atoms with Crippen LogP contribution in [0.15, 0.2) is 41.3 Å². The highest BCUT2D eigenvalue weighted by Gasteiger charge is 2.35. The standard InChI is InChI=1S/C26H26ClF3N4O3S/c1-37-23(31)19-12-16(13-22-24(35)34(25(36)38-22)11-10-33-8-2-3-9-33)4-7-21(19)32-15-17-5-6-18(27)14-20(17)26(28,29)30/h4-7,12-14,31-32H,2-3,8-11,15H2,1H3. The number of ether oxygens (including phenoxy) is 1. The van der Waals surface area contributed by atoms with E-state index < -0.39 is 11.7 Å². The number of hydrogen-bond acceptors (Lipinski definition) is 7. The number of hydrogen-bond donors (Lipinski definition) is 2. The molecule has 0 aliphatic carbocycles. The molecule has 2 aliphatic rings. The van der Waals surface area contributed by atoms with Crippen LogP contribution in [0.5, 0.6) is 0 Å². The van der Waals surface area contributed by atoms with Gasteiger partial charge < -0.3 is 15.0 Å². The van der Waals surface area contributed by atoms with Gasteiger partial charge in [0.2, 0.25) is 5.90 Å². The van der Waals surface area contributed by atoms with Crippen molar-refractivity contribution >= 4 is 52.2 Å². The number of amides is 2. The molecule has 0 radical (unpaired) electrons.